The third kappa shape index (κ3) is 5.14. The van der Waals surface area contributed by atoms with Crippen molar-refractivity contribution in [1.29, 1.82) is 0 Å². The van der Waals surface area contributed by atoms with Crippen molar-refractivity contribution in [3.8, 4) is 11.5 Å². The lowest BCUT2D eigenvalue weighted by molar-refractivity contribution is -0.144. The van der Waals surface area contributed by atoms with Gasteiger partial charge in [-0.2, -0.15) is 0 Å². The second-order valence-electron chi connectivity index (χ2n) is 4.86. The van der Waals surface area contributed by atoms with E-state index in [1.807, 2.05) is 43.3 Å². The molecule has 0 aliphatic carbocycles. The van der Waals surface area contributed by atoms with E-state index in [1.165, 1.54) is 6.92 Å². The summed E-state index contributed by atoms with van der Waals surface area (Å²) in [5.74, 6) is 0.300. The zero-order valence-electron chi connectivity index (χ0n) is 13.1. The van der Waals surface area contributed by atoms with Gasteiger partial charge in [-0.05, 0) is 55.8 Å². The molecule has 1 atom stereocenters. The van der Waals surface area contributed by atoms with Crippen LogP contribution in [0, 0.1) is 0 Å². The maximum atomic E-state index is 10.7. The van der Waals surface area contributed by atoms with Gasteiger partial charge in [0.2, 0.25) is 0 Å². The summed E-state index contributed by atoms with van der Waals surface area (Å²) in [4.78, 5) is 15.1. The van der Waals surface area contributed by atoms with Crippen LogP contribution in [0.5, 0.6) is 11.5 Å². The van der Waals surface area contributed by atoms with Gasteiger partial charge in [-0.15, -0.1) is 0 Å². The van der Waals surface area contributed by atoms with Gasteiger partial charge in [0, 0.05) is 12.3 Å². The van der Waals surface area contributed by atoms with E-state index in [0.717, 1.165) is 17.0 Å². The number of benzene rings is 2. The molecule has 1 N–H and O–H groups in total. The van der Waals surface area contributed by atoms with E-state index >= 15 is 0 Å². The molecule has 2 rings (SSSR count). The third-order valence-corrected chi connectivity index (χ3v) is 3.03. The monoisotopic (exact) mass is 313 g/mol. The van der Waals surface area contributed by atoms with Crippen LogP contribution < -0.4 is 9.47 Å². The maximum absolute atomic E-state index is 10.7. The summed E-state index contributed by atoms with van der Waals surface area (Å²) in [6, 6.07) is 14.6. The number of hydrogen-bond donors (Lipinski definition) is 1. The van der Waals surface area contributed by atoms with Gasteiger partial charge in [0.15, 0.2) is 6.10 Å². The number of hydrogen-bond acceptors (Lipinski definition) is 4. The van der Waals surface area contributed by atoms with Gasteiger partial charge >= 0.3 is 5.97 Å². The molecule has 5 nitrogen and oxygen atoms in total. The van der Waals surface area contributed by atoms with Crippen molar-refractivity contribution in [2.45, 2.75) is 20.0 Å². The Labute approximate surface area is 135 Å². The minimum Gasteiger partial charge on any atom is -0.494 e. The van der Waals surface area contributed by atoms with Gasteiger partial charge in [0.05, 0.1) is 12.3 Å². The Balaban J connectivity index is 2.02. The first-order chi connectivity index (χ1) is 11.1. The first-order valence-electron chi connectivity index (χ1n) is 7.35. The minimum atomic E-state index is -0.996. The number of aliphatic imine (C=N–C) groups is 1. The molecule has 2 aromatic rings. The van der Waals surface area contributed by atoms with Crippen molar-refractivity contribution in [3.63, 3.8) is 0 Å². The van der Waals surface area contributed by atoms with Crippen LogP contribution in [0.3, 0.4) is 0 Å². The summed E-state index contributed by atoms with van der Waals surface area (Å²) in [5, 5.41) is 8.81. The standard InChI is InChI=1S/C18H19NO4/c1-3-22-17-6-4-5-15(11-17)19-12-14-7-9-16(10-8-14)23-13(2)18(20)21/h4-13H,3H2,1-2H3,(H,20,21)/t13-/m0/s1. The molecule has 0 radical (unpaired) electrons. The highest BCUT2D eigenvalue weighted by atomic mass is 16.5. The van der Waals surface area contributed by atoms with Crippen LogP contribution in [0.4, 0.5) is 5.69 Å². The van der Waals surface area contributed by atoms with Crippen LogP contribution in [-0.4, -0.2) is 30.0 Å². The summed E-state index contributed by atoms with van der Waals surface area (Å²) in [5.41, 5.74) is 1.69. The lowest BCUT2D eigenvalue weighted by Crippen LogP contribution is -2.22. The van der Waals surface area contributed by atoms with E-state index in [2.05, 4.69) is 4.99 Å². The van der Waals surface area contributed by atoms with Crippen LogP contribution >= 0.6 is 0 Å². The number of carbonyl (C=O) groups is 1. The molecular formula is C18H19NO4. The lowest BCUT2D eigenvalue weighted by Gasteiger charge is -2.09. The smallest absolute Gasteiger partial charge is 0.344 e. The number of carboxylic acid groups (broad SMARTS) is 1. The second-order valence-corrected chi connectivity index (χ2v) is 4.86. The quantitative estimate of drug-likeness (QED) is 0.792. The number of aliphatic carboxylic acids is 1. The summed E-state index contributed by atoms with van der Waals surface area (Å²) in [6.07, 6.45) is 0.853. The zero-order valence-corrected chi connectivity index (χ0v) is 13.1. The summed E-state index contributed by atoms with van der Waals surface area (Å²) in [7, 11) is 0. The van der Waals surface area contributed by atoms with Gasteiger partial charge in [0.1, 0.15) is 11.5 Å². The largest absolute Gasteiger partial charge is 0.494 e. The number of rotatable bonds is 7. The highest BCUT2D eigenvalue weighted by Gasteiger charge is 2.11. The Kier molecular flexibility index (Phi) is 5.74. The highest BCUT2D eigenvalue weighted by molar-refractivity contribution is 5.82. The Hall–Kier alpha value is -2.82. The van der Waals surface area contributed by atoms with Crippen LogP contribution in [0.25, 0.3) is 0 Å². The minimum absolute atomic E-state index is 0.510. The SMILES string of the molecule is CCOc1cccc(N=Cc2ccc(O[C@@H](C)C(=O)O)cc2)c1. The molecule has 0 heterocycles. The van der Waals surface area contributed by atoms with E-state index in [1.54, 1.807) is 18.3 Å². The molecule has 0 aliphatic rings. The highest BCUT2D eigenvalue weighted by Crippen LogP contribution is 2.20. The number of nitrogens with zero attached hydrogens (tertiary/aromatic N) is 1. The number of carboxylic acids is 1. The fraction of sp³-hybridized carbons (Fsp3) is 0.222. The molecule has 0 saturated carbocycles. The van der Waals surface area contributed by atoms with Crippen LogP contribution in [0.15, 0.2) is 53.5 Å². The van der Waals surface area contributed by atoms with Crippen molar-refractivity contribution < 1.29 is 19.4 Å². The predicted octanol–water partition coefficient (Wildman–Crippen LogP) is 3.69. The summed E-state index contributed by atoms with van der Waals surface area (Å²) >= 11 is 0. The van der Waals surface area contributed by atoms with Crippen LogP contribution in [0.1, 0.15) is 19.4 Å². The third-order valence-electron chi connectivity index (χ3n) is 3.03. The van der Waals surface area contributed by atoms with Crippen molar-refractivity contribution in [2.75, 3.05) is 6.61 Å². The van der Waals surface area contributed by atoms with Gasteiger partial charge in [-0.25, -0.2) is 4.79 Å². The normalized spacial score (nSPS) is 12.1. The Morgan fingerprint density at radius 2 is 1.96 bits per heavy atom. The van der Waals surface area contributed by atoms with E-state index < -0.39 is 12.1 Å². The van der Waals surface area contributed by atoms with Gasteiger partial charge in [-0.1, -0.05) is 6.07 Å². The van der Waals surface area contributed by atoms with Crippen molar-refractivity contribution in [3.05, 3.63) is 54.1 Å². The van der Waals surface area contributed by atoms with Gasteiger partial charge in [0.25, 0.3) is 0 Å². The van der Waals surface area contributed by atoms with Crippen molar-refractivity contribution >= 4 is 17.9 Å². The molecule has 0 aromatic heterocycles. The fourth-order valence-electron chi connectivity index (χ4n) is 1.86. The Bertz CT molecular complexity index is 680. The molecule has 0 saturated heterocycles. The van der Waals surface area contributed by atoms with E-state index in [4.69, 9.17) is 14.6 Å². The average molecular weight is 313 g/mol. The first-order valence-corrected chi connectivity index (χ1v) is 7.35. The molecule has 0 unspecified atom stereocenters. The average Bonchev–Trinajstić information content (AvgIpc) is 2.55. The molecule has 0 aliphatic heterocycles. The molecule has 0 amide bonds. The van der Waals surface area contributed by atoms with Crippen LogP contribution in [-0.2, 0) is 4.79 Å². The second kappa shape index (κ2) is 7.98. The van der Waals surface area contributed by atoms with Gasteiger partial charge < -0.3 is 14.6 Å². The fourth-order valence-corrected chi connectivity index (χ4v) is 1.86. The lowest BCUT2D eigenvalue weighted by atomic mass is 10.2. The predicted molar refractivity (Wildman–Crippen MR) is 89.0 cm³/mol. The molecule has 0 spiro atoms. The van der Waals surface area contributed by atoms with Crippen LogP contribution in [0.2, 0.25) is 0 Å². The molecule has 23 heavy (non-hydrogen) atoms. The molecule has 0 fully saturated rings. The summed E-state index contributed by atoms with van der Waals surface area (Å²) < 4.78 is 10.7. The molecule has 5 heteroatoms. The Morgan fingerprint density at radius 1 is 1.22 bits per heavy atom. The molecule has 2 aromatic carbocycles. The number of ether oxygens (including phenoxy) is 2. The molecule has 0 bridgehead atoms. The van der Waals surface area contributed by atoms with Gasteiger partial charge in [-0.3, -0.25) is 4.99 Å². The summed E-state index contributed by atoms with van der Waals surface area (Å²) in [6.45, 7) is 4.04. The van der Waals surface area contributed by atoms with Crippen molar-refractivity contribution in [1.82, 2.24) is 0 Å². The maximum Gasteiger partial charge on any atom is 0.344 e. The van der Waals surface area contributed by atoms with E-state index in [0.29, 0.717) is 12.4 Å². The van der Waals surface area contributed by atoms with Crippen molar-refractivity contribution in [2.24, 2.45) is 4.99 Å². The first kappa shape index (κ1) is 16.5. The molecule has 120 valence electrons. The Morgan fingerprint density at radius 3 is 2.61 bits per heavy atom. The zero-order chi connectivity index (χ0) is 16.7. The molecular weight excluding hydrogens is 294 g/mol. The topological polar surface area (TPSA) is 68.1 Å². The van der Waals surface area contributed by atoms with E-state index in [-0.39, 0.29) is 0 Å². The van der Waals surface area contributed by atoms with E-state index in [9.17, 15) is 4.79 Å².